The Labute approximate surface area is 139 Å². The van der Waals surface area contributed by atoms with Crippen LogP contribution in [0, 0.1) is 0 Å². The SMILES string of the molecule is CC.CC(=O)NC(C)Cc1cccc(C(=O)N2CCOCC2)c1. The first kappa shape index (κ1) is 19.2. The molecule has 0 radical (unpaired) electrons. The van der Waals surface area contributed by atoms with E-state index in [1.165, 1.54) is 6.92 Å². The molecular formula is C18H28N2O3. The monoisotopic (exact) mass is 320 g/mol. The molecule has 2 amide bonds. The molecule has 0 aromatic heterocycles. The van der Waals surface area contributed by atoms with Crippen LogP contribution in [0.15, 0.2) is 24.3 Å². The second kappa shape index (κ2) is 10.0. The Hall–Kier alpha value is -1.88. The molecule has 0 saturated carbocycles. The number of carbonyl (C=O) groups excluding carboxylic acids is 2. The highest BCUT2D eigenvalue weighted by Crippen LogP contribution is 2.12. The van der Waals surface area contributed by atoms with Crippen molar-refractivity contribution in [3.63, 3.8) is 0 Å². The van der Waals surface area contributed by atoms with Crippen LogP contribution in [0.25, 0.3) is 0 Å². The van der Waals surface area contributed by atoms with Crippen LogP contribution in [0.2, 0.25) is 0 Å². The highest BCUT2D eigenvalue weighted by atomic mass is 16.5. The van der Waals surface area contributed by atoms with Crippen molar-refractivity contribution in [2.75, 3.05) is 26.3 Å². The third-order valence-electron chi connectivity index (χ3n) is 3.46. The topological polar surface area (TPSA) is 58.6 Å². The van der Waals surface area contributed by atoms with Gasteiger partial charge in [-0.2, -0.15) is 0 Å². The number of morpholine rings is 1. The molecule has 1 saturated heterocycles. The van der Waals surface area contributed by atoms with E-state index >= 15 is 0 Å². The van der Waals surface area contributed by atoms with Gasteiger partial charge < -0.3 is 15.0 Å². The first-order valence-corrected chi connectivity index (χ1v) is 8.29. The number of hydrogen-bond acceptors (Lipinski definition) is 3. The predicted molar refractivity (Wildman–Crippen MR) is 91.5 cm³/mol. The van der Waals surface area contributed by atoms with Crippen LogP contribution in [0.5, 0.6) is 0 Å². The maximum Gasteiger partial charge on any atom is 0.254 e. The summed E-state index contributed by atoms with van der Waals surface area (Å²) in [6.45, 7) is 9.96. The molecule has 0 aliphatic carbocycles. The van der Waals surface area contributed by atoms with Crippen LogP contribution in [-0.2, 0) is 16.0 Å². The molecule has 0 bridgehead atoms. The Bertz CT molecular complexity index is 511. The average molecular weight is 320 g/mol. The lowest BCUT2D eigenvalue weighted by Gasteiger charge is -2.27. The molecule has 1 N–H and O–H groups in total. The van der Waals surface area contributed by atoms with Gasteiger partial charge in [0.1, 0.15) is 0 Å². The summed E-state index contributed by atoms with van der Waals surface area (Å²) < 4.78 is 5.26. The third-order valence-corrected chi connectivity index (χ3v) is 3.46. The minimum atomic E-state index is -0.0388. The van der Waals surface area contributed by atoms with Gasteiger partial charge in [-0.3, -0.25) is 9.59 Å². The highest BCUT2D eigenvalue weighted by Gasteiger charge is 2.18. The van der Waals surface area contributed by atoms with Gasteiger partial charge in [0.05, 0.1) is 13.2 Å². The number of benzene rings is 1. The van der Waals surface area contributed by atoms with Crippen molar-refractivity contribution in [3.05, 3.63) is 35.4 Å². The third kappa shape index (κ3) is 6.40. The fraction of sp³-hybridized carbons (Fsp3) is 0.556. The maximum absolute atomic E-state index is 12.4. The summed E-state index contributed by atoms with van der Waals surface area (Å²) in [5, 5.41) is 2.85. The summed E-state index contributed by atoms with van der Waals surface area (Å²) in [5.74, 6) is 0.00961. The zero-order chi connectivity index (χ0) is 17.2. The lowest BCUT2D eigenvalue weighted by molar-refractivity contribution is -0.119. The van der Waals surface area contributed by atoms with Crippen molar-refractivity contribution in [2.24, 2.45) is 0 Å². The molecule has 1 unspecified atom stereocenters. The van der Waals surface area contributed by atoms with E-state index in [1.807, 2.05) is 49.9 Å². The molecule has 1 aliphatic heterocycles. The summed E-state index contributed by atoms with van der Waals surface area (Å²) >= 11 is 0. The summed E-state index contributed by atoms with van der Waals surface area (Å²) in [6.07, 6.45) is 0.712. The zero-order valence-corrected chi connectivity index (χ0v) is 14.6. The standard InChI is InChI=1S/C16H22N2O3.C2H6/c1-12(17-13(2)19)10-14-4-3-5-15(11-14)16(20)18-6-8-21-9-7-18;1-2/h3-5,11-12H,6-10H2,1-2H3,(H,17,19);1-2H3. The molecule has 1 heterocycles. The van der Waals surface area contributed by atoms with Crippen molar-refractivity contribution in [2.45, 2.75) is 40.2 Å². The fourth-order valence-corrected chi connectivity index (χ4v) is 2.53. The van der Waals surface area contributed by atoms with Crippen LogP contribution in [0.1, 0.15) is 43.6 Å². The number of nitrogens with one attached hydrogen (secondary N) is 1. The van der Waals surface area contributed by atoms with E-state index in [1.54, 1.807) is 0 Å². The number of nitrogens with zero attached hydrogens (tertiary/aromatic N) is 1. The number of amides is 2. The van der Waals surface area contributed by atoms with E-state index in [4.69, 9.17) is 4.74 Å². The lowest BCUT2D eigenvalue weighted by Crippen LogP contribution is -2.40. The minimum Gasteiger partial charge on any atom is -0.378 e. The van der Waals surface area contributed by atoms with E-state index in [-0.39, 0.29) is 17.9 Å². The van der Waals surface area contributed by atoms with Crippen LogP contribution in [-0.4, -0.2) is 49.1 Å². The van der Waals surface area contributed by atoms with Gasteiger partial charge >= 0.3 is 0 Å². The van der Waals surface area contributed by atoms with Gasteiger partial charge in [-0.15, -0.1) is 0 Å². The average Bonchev–Trinajstić information content (AvgIpc) is 2.56. The van der Waals surface area contributed by atoms with Crippen molar-refractivity contribution in [1.29, 1.82) is 0 Å². The van der Waals surface area contributed by atoms with E-state index in [0.29, 0.717) is 38.3 Å². The summed E-state index contributed by atoms with van der Waals surface area (Å²) in [4.78, 5) is 25.3. The number of ether oxygens (including phenoxy) is 1. The minimum absolute atomic E-state index is 0.0388. The zero-order valence-electron chi connectivity index (χ0n) is 14.6. The Balaban J connectivity index is 0.00000127. The van der Waals surface area contributed by atoms with Gasteiger partial charge in [0, 0.05) is 31.6 Å². The second-order valence-corrected chi connectivity index (χ2v) is 5.41. The molecule has 0 spiro atoms. The first-order chi connectivity index (χ1) is 11.1. The Kier molecular flexibility index (Phi) is 8.33. The normalized spacial score (nSPS) is 15.2. The van der Waals surface area contributed by atoms with Crippen LogP contribution in [0.4, 0.5) is 0 Å². The molecule has 1 atom stereocenters. The van der Waals surface area contributed by atoms with Crippen LogP contribution in [0.3, 0.4) is 0 Å². The Morgan fingerprint density at radius 1 is 1.26 bits per heavy atom. The summed E-state index contributed by atoms with van der Waals surface area (Å²) in [7, 11) is 0. The smallest absolute Gasteiger partial charge is 0.254 e. The molecule has 2 rings (SSSR count). The molecule has 1 fully saturated rings. The van der Waals surface area contributed by atoms with Gasteiger partial charge in [-0.1, -0.05) is 26.0 Å². The molecule has 128 valence electrons. The van der Waals surface area contributed by atoms with Crippen LogP contribution < -0.4 is 5.32 Å². The van der Waals surface area contributed by atoms with Gasteiger partial charge in [0.15, 0.2) is 0 Å². The number of carbonyl (C=O) groups is 2. The van der Waals surface area contributed by atoms with Gasteiger partial charge in [0.2, 0.25) is 5.91 Å². The Morgan fingerprint density at radius 3 is 2.52 bits per heavy atom. The quantitative estimate of drug-likeness (QED) is 0.926. The number of hydrogen-bond donors (Lipinski definition) is 1. The van der Waals surface area contributed by atoms with E-state index < -0.39 is 0 Å². The van der Waals surface area contributed by atoms with Gasteiger partial charge in [-0.25, -0.2) is 0 Å². The molecular weight excluding hydrogens is 292 g/mol. The molecule has 23 heavy (non-hydrogen) atoms. The summed E-state index contributed by atoms with van der Waals surface area (Å²) in [6, 6.07) is 7.68. The largest absolute Gasteiger partial charge is 0.378 e. The van der Waals surface area contributed by atoms with Crippen LogP contribution >= 0.6 is 0 Å². The maximum atomic E-state index is 12.4. The van der Waals surface area contributed by atoms with Gasteiger partial charge in [-0.05, 0) is 31.0 Å². The Morgan fingerprint density at radius 2 is 1.91 bits per heavy atom. The van der Waals surface area contributed by atoms with Crippen molar-refractivity contribution in [1.82, 2.24) is 10.2 Å². The van der Waals surface area contributed by atoms with E-state index in [0.717, 1.165) is 5.56 Å². The highest BCUT2D eigenvalue weighted by molar-refractivity contribution is 5.94. The van der Waals surface area contributed by atoms with Crippen molar-refractivity contribution in [3.8, 4) is 0 Å². The second-order valence-electron chi connectivity index (χ2n) is 5.41. The molecule has 1 aliphatic rings. The molecule has 1 aromatic rings. The van der Waals surface area contributed by atoms with E-state index in [9.17, 15) is 9.59 Å². The first-order valence-electron chi connectivity index (χ1n) is 8.29. The molecule has 5 heteroatoms. The van der Waals surface area contributed by atoms with Gasteiger partial charge in [0.25, 0.3) is 5.91 Å². The molecule has 1 aromatic carbocycles. The predicted octanol–water partition coefficient (Wildman–Crippen LogP) is 2.25. The lowest BCUT2D eigenvalue weighted by atomic mass is 10.0. The van der Waals surface area contributed by atoms with E-state index in [2.05, 4.69) is 5.32 Å². The van der Waals surface area contributed by atoms with Crippen molar-refractivity contribution < 1.29 is 14.3 Å². The number of rotatable bonds is 4. The fourth-order valence-electron chi connectivity index (χ4n) is 2.53. The summed E-state index contributed by atoms with van der Waals surface area (Å²) in [5.41, 5.74) is 1.75. The van der Waals surface area contributed by atoms with Crippen molar-refractivity contribution >= 4 is 11.8 Å². The molecule has 5 nitrogen and oxygen atoms in total.